The second-order valence-electron chi connectivity index (χ2n) is 5.71. The second-order valence-corrected chi connectivity index (χ2v) is 5.71. The van der Waals surface area contributed by atoms with Gasteiger partial charge in [0.1, 0.15) is 5.78 Å². The fourth-order valence-electron chi connectivity index (χ4n) is 3.83. The zero-order valence-corrected chi connectivity index (χ0v) is 9.37. The van der Waals surface area contributed by atoms with Gasteiger partial charge in [-0.05, 0) is 25.2 Å². The predicted octanol–water partition coefficient (Wildman–Crippen LogP) is 2.28. The average Bonchev–Trinajstić information content (AvgIpc) is 2.93. The van der Waals surface area contributed by atoms with Crippen LogP contribution in [0.5, 0.6) is 0 Å². The molecule has 1 N–H and O–H groups in total. The summed E-state index contributed by atoms with van der Waals surface area (Å²) >= 11 is 0. The number of ketones is 1. The van der Waals surface area contributed by atoms with E-state index in [1.807, 2.05) is 0 Å². The number of carbonyl (C=O) groups excluding carboxylic acids is 1. The second kappa shape index (κ2) is 3.89. The first-order valence-corrected chi connectivity index (χ1v) is 6.61. The van der Waals surface area contributed by atoms with E-state index in [2.05, 4.69) is 5.32 Å². The summed E-state index contributed by atoms with van der Waals surface area (Å²) in [5.74, 6) is 1.68. The van der Waals surface area contributed by atoms with Gasteiger partial charge in [0.15, 0.2) is 0 Å². The molecule has 2 nitrogen and oxygen atoms in total. The molecule has 3 rings (SSSR count). The predicted molar refractivity (Wildman–Crippen MR) is 59.6 cm³/mol. The lowest BCUT2D eigenvalue weighted by Gasteiger charge is -2.20. The maximum atomic E-state index is 12.2. The molecule has 0 spiro atoms. The van der Waals surface area contributed by atoms with Crippen molar-refractivity contribution in [1.82, 2.24) is 5.32 Å². The number of hydrogen-bond acceptors (Lipinski definition) is 2. The highest BCUT2D eigenvalue weighted by Crippen LogP contribution is 2.36. The van der Waals surface area contributed by atoms with Crippen LogP contribution in [0.2, 0.25) is 0 Å². The zero-order valence-electron chi connectivity index (χ0n) is 9.37. The SMILES string of the molecule is O=C(CC1CCCC1)C1CC2CCC1N2. The summed E-state index contributed by atoms with van der Waals surface area (Å²) < 4.78 is 0. The van der Waals surface area contributed by atoms with Gasteiger partial charge in [-0.2, -0.15) is 0 Å². The molecule has 15 heavy (non-hydrogen) atoms. The Labute approximate surface area is 91.8 Å². The molecule has 1 aliphatic carbocycles. The summed E-state index contributed by atoms with van der Waals surface area (Å²) in [4.78, 5) is 12.2. The van der Waals surface area contributed by atoms with E-state index in [9.17, 15) is 4.79 Å². The van der Waals surface area contributed by atoms with Crippen LogP contribution in [-0.4, -0.2) is 17.9 Å². The van der Waals surface area contributed by atoms with Crippen molar-refractivity contribution in [3.05, 3.63) is 0 Å². The minimum Gasteiger partial charge on any atom is -0.310 e. The molecule has 3 fully saturated rings. The number of nitrogens with one attached hydrogen (secondary N) is 1. The van der Waals surface area contributed by atoms with Crippen LogP contribution in [0.1, 0.15) is 51.4 Å². The number of Topliss-reactive ketones (excluding diaryl/α,β-unsaturated/α-hetero) is 1. The Morgan fingerprint density at radius 2 is 1.93 bits per heavy atom. The Kier molecular flexibility index (Phi) is 2.55. The van der Waals surface area contributed by atoms with E-state index in [1.54, 1.807) is 0 Å². The van der Waals surface area contributed by atoms with Gasteiger partial charge in [-0.1, -0.05) is 25.7 Å². The van der Waals surface area contributed by atoms with Crippen molar-refractivity contribution in [3.63, 3.8) is 0 Å². The van der Waals surface area contributed by atoms with Gasteiger partial charge in [0.2, 0.25) is 0 Å². The third kappa shape index (κ3) is 1.84. The molecule has 0 radical (unpaired) electrons. The lowest BCUT2D eigenvalue weighted by molar-refractivity contribution is -0.124. The molecule has 3 aliphatic rings. The van der Waals surface area contributed by atoms with E-state index in [1.165, 1.54) is 38.5 Å². The lowest BCUT2D eigenvalue weighted by atomic mass is 9.83. The Morgan fingerprint density at radius 1 is 1.13 bits per heavy atom. The van der Waals surface area contributed by atoms with Gasteiger partial charge < -0.3 is 5.32 Å². The molecule has 2 heterocycles. The Bertz CT molecular complexity index is 257. The summed E-state index contributed by atoms with van der Waals surface area (Å²) in [7, 11) is 0. The lowest BCUT2D eigenvalue weighted by Crippen LogP contribution is -2.29. The fraction of sp³-hybridized carbons (Fsp3) is 0.923. The molecule has 2 bridgehead atoms. The smallest absolute Gasteiger partial charge is 0.137 e. The third-order valence-electron chi connectivity index (χ3n) is 4.68. The summed E-state index contributed by atoms with van der Waals surface area (Å²) in [5.41, 5.74) is 0. The number of fused-ring (bicyclic) bond motifs is 2. The standard InChI is InChI=1S/C13H21NO/c15-13(7-9-3-1-2-4-9)11-8-10-5-6-12(11)14-10/h9-12,14H,1-8H2. The Balaban J connectivity index is 1.56. The highest BCUT2D eigenvalue weighted by atomic mass is 16.1. The molecule has 0 aromatic heterocycles. The van der Waals surface area contributed by atoms with Crippen molar-refractivity contribution >= 4 is 5.78 Å². The fourth-order valence-corrected chi connectivity index (χ4v) is 3.83. The van der Waals surface area contributed by atoms with Crippen LogP contribution >= 0.6 is 0 Å². The Morgan fingerprint density at radius 3 is 2.53 bits per heavy atom. The van der Waals surface area contributed by atoms with Gasteiger partial charge in [0.25, 0.3) is 0 Å². The number of carbonyl (C=O) groups is 1. The average molecular weight is 207 g/mol. The highest BCUT2D eigenvalue weighted by Gasteiger charge is 2.42. The molecule has 3 unspecified atom stereocenters. The van der Waals surface area contributed by atoms with E-state index >= 15 is 0 Å². The van der Waals surface area contributed by atoms with E-state index in [-0.39, 0.29) is 0 Å². The third-order valence-corrected chi connectivity index (χ3v) is 4.68. The van der Waals surface area contributed by atoms with Gasteiger partial charge >= 0.3 is 0 Å². The van der Waals surface area contributed by atoms with Crippen molar-refractivity contribution in [3.8, 4) is 0 Å². The molecular weight excluding hydrogens is 186 g/mol. The quantitative estimate of drug-likeness (QED) is 0.769. The molecule has 84 valence electrons. The van der Waals surface area contributed by atoms with Crippen molar-refractivity contribution in [1.29, 1.82) is 0 Å². The van der Waals surface area contributed by atoms with Gasteiger partial charge in [-0.25, -0.2) is 0 Å². The molecule has 0 amide bonds. The molecule has 2 saturated heterocycles. The highest BCUT2D eigenvalue weighted by molar-refractivity contribution is 5.82. The molecule has 2 aliphatic heterocycles. The maximum Gasteiger partial charge on any atom is 0.137 e. The van der Waals surface area contributed by atoms with Crippen molar-refractivity contribution in [2.45, 2.75) is 63.5 Å². The molecule has 1 saturated carbocycles. The topological polar surface area (TPSA) is 29.1 Å². The molecule has 0 aromatic rings. The number of rotatable bonds is 3. The summed E-state index contributed by atoms with van der Waals surface area (Å²) in [6, 6.07) is 1.22. The molecular formula is C13H21NO. The van der Waals surface area contributed by atoms with E-state index in [0.29, 0.717) is 23.8 Å². The van der Waals surface area contributed by atoms with E-state index in [0.717, 1.165) is 18.8 Å². The zero-order chi connectivity index (χ0) is 10.3. The first-order valence-electron chi connectivity index (χ1n) is 6.61. The van der Waals surface area contributed by atoms with E-state index < -0.39 is 0 Å². The van der Waals surface area contributed by atoms with Crippen LogP contribution in [0.4, 0.5) is 0 Å². The van der Waals surface area contributed by atoms with Crippen LogP contribution in [0, 0.1) is 11.8 Å². The first kappa shape index (κ1) is 9.83. The number of hydrogen-bond donors (Lipinski definition) is 1. The van der Waals surface area contributed by atoms with Crippen LogP contribution in [0.15, 0.2) is 0 Å². The van der Waals surface area contributed by atoms with Crippen molar-refractivity contribution < 1.29 is 4.79 Å². The van der Waals surface area contributed by atoms with E-state index in [4.69, 9.17) is 0 Å². The van der Waals surface area contributed by atoms with Crippen LogP contribution < -0.4 is 5.32 Å². The molecule has 2 heteroatoms. The minimum atomic E-state index is 0.379. The summed E-state index contributed by atoms with van der Waals surface area (Å²) in [5, 5.41) is 3.56. The summed E-state index contributed by atoms with van der Waals surface area (Å²) in [6.07, 6.45) is 9.88. The summed E-state index contributed by atoms with van der Waals surface area (Å²) in [6.45, 7) is 0. The Hall–Kier alpha value is -0.370. The first-order chi connectivity index (χ1) is 7.33. The minimum absolute atomic E-state index is 0.379. The van der Waals surface area contributed by atoms with Gasteiger partial charge in [0.05, 0.1) is 0 Å². The van der Waals surface area contributed by atoms with Crippen LogP contribution in [0.25, 0.3) is 0 Å². The normalized spacial score (nSPS) is 40.1. The van der Waals surface area contributed by atoms with Gasteiger partial charge in [-0.3, -0.25) is 4.79 Å². The monoisotopic (exact) mass is 207 g/mol. The van der Waals surface area contributed by atoms with Gasteiger partial charge in [-0.15, -0.1) is 0 Å². The van der Waals surface area contributed by atoms with Crippen molar-refractivity contribution in [2.75, 3.05) is 0 Å². The van der Waals surface area contributed by atoms with Crippen LogP contribution in [-0.2, 0) is 4.79 Å². The molecule has 3 atom stereocenters. The van der Waals surface area contributed by atoms with Crippen molar-refractivity contribution in [2.24, 2.45) is 11.8 Å². The van der Waals surface area contributed by atoms with Crippen LogP contribution in [0.3, 0.4) is 0 Å². The largest absolute Gasteiger partial charge is 0.310 e. The molecule has 0 aromatic carbocycles. The van der Waals surface area contributed by atoms with Gasteiger partial charge in [0, 0.05) is 24.4 Å². The maximum absolute atomic E-state index is 12.2.